The fourth-order valence-corrected chi connectivity index (χ4v) is 1.68. The standard InChI is InChI=1S/C14H22N2O/c1-3-13(15)10-14(17)16-9-8-12-7-5-4-6-11(12)2/h4-7,13H,3,8-10,15H2,1-2H3,(H,16,17). The highest BCUT2D eigenvalue weighted by molar-refractivity contribution is 5.76. The van der Waals surface area contributed by atoms with Crippen molar-refractivity contribution in [3.05, 3.63) is 35.4 Å². The summed E-state index contributed by atoms with van der Waals surface area (Å²) in [4.78, 5) is 11.5. The van der Waals surface area contributed by atoms with Crippen LogP contribution < -0.4 is 11.1 Å². The van der Waals surface area contributed by atoms with Gasteiger partial charge in [0.05, 0.1) is 0 Å². The minimum atomic E-state index is -0.0199. The second kappa shape index (κ2) is 7.07. The van der Waals surface area contributed by atoms with Crippen LogP contribution in [0.15, 0.2) is 24.3 Å². The van der Waals surface area contributed by atoms with Gasteiger partial charge in [0.25, 0.3) is 0 Å². The summed E-state index contributed by atoms with van der Waals surface area (Å²) < 4.78 is 0. The molecule has 0 saturated carbocycles. The second-order valence-electron chi connectivity index (χ2n) is 4.40. The first-order chi connectivity index (χ1) is 8.13. The van der Waals surface area contributed by atoms with Gasteiger partial charge < -0.3 is 11.1 Å². The number of benzene rings is 1. The Kier molecular flexibility index (Phi) is 5.70. The van der Waals surface area contributed by atoms with Gasteiger partial charge in [-0.15, -0.1) is 0 Å². The predicted molar refractivity (Wildman–Crippen MR) is 70.8 cm³/mol. The summed E-state index contributed by atoms with van der Waals surface area (Å²) in [5, 5.41) is 2.90. The molecule has 3 nitrogen and oxygen atoms in total. The van der Waals surface area contributed by atoms with Crippen molar-refractivity contribution in [1.82, 2.24) is 5.32 Å². The summed E-state index contributed by atoms with van der Waals surface area (Å²) in [5.74, 6) is 0.0490. The molecular weight excluding hydrogens is 212 g/mol. The van der Waals surface area contributed by atoms with E-state index in [2.05, 4.69) is 24.4 Å². The molecule has 3 heteroatoms. The summed E-state index contributed by atoms with van der Waals surface area (Å²) in [6.45, 7) is 4.76. The van der Waals surface area contributed by atoms with Gasteiger partial charge in [0, 0.05) is 19.0 Å². The molecule has 0 spiro atoms. The molecule has 0 aromatic heterocycles. The Morgan fingerprint density at radius 2 is 2.12 bits per heavy atom. The fourth-order valence-electron chi connectivity index (χ4n) is 1.68. The van der Waals surface area contributed by atoms with Gasteiger partial charge in [-0.05, 0) is 30.9 Å². The van der Waals surface area contributed by atoms with Gasteiger partial charge in [-0.25, -0.2) is 0 Å². The lowest BCUT2D eigenvalue weighted by molar-refractivity contribution is -0.121. The highest BCUT2D eigenvalue weighted by atomic mass is 16.1. The van der Waals surface area contributed by atoms with Gasteiger partial charge >= 0.3 is 0 Å². The largest absolute Gasteiger partial charge is 0.356 e. The summed E-state index contributed by atoms with van der Waals surface area (Å²) >= 11 is 0. The highest BCUT2D eigenvalue weighted by Crippen LogP contribution is 2.06. The molecule has 0 saturated heterocycles. The van der Waals surface area contributed by atoms with Gasteiger partial charge in [0.15, 0.2) is 0 Å². The summed E-state index contributed by atoms with van der Waals surface area (Å²) in [7, 11) is 0. The topological polar surface area (TPSA) is 55.1 Å². The van der Waals surface area contributed by atoms with Gasteiger partial charge in [-0.1, -0.05) is 31.2 Å². The van der Waals surface area contributed by atoms with Crippen LogP contribution in [0.25, 0.3) is 0 Å². The Balaban J connectivity index is 2.29. The number of rotatable bonds is 6. The number of nitrogens with two attached hydrogens (primary N) is 1. The van der Waals surface area contributed by atoms with E-state index in [1.54, 1.807) is 0 Å². The van der Waals surface area contributed by atoms with Gasteiger partial charge in [-0.3, -0.25) is 4.79 Å². The first kappa shape index (κ1) is 13.7. The summed E-state index contributed by atoms with van der Waals surface area (Å²) in [5.41, 5.74) is 8.28. The number of aryl methyl sites for hydroxylation is 1. The van der Waals surface area contributed by atoms with Crippen LogP contribution in [0.5, 0.6) is 0 Å². The molecule has 17 heavy (non-hydrogen) atoms. The SMILES string of the molecule is CCC(N)CC(=O)NCCc1ccccc1C. The van der Waals surface area contributed by atoms with Crippen LogP contribution in [-0.4, -0.2) is 18.5 Å². The third-order valence-corrected chi connectivity index (χ3v) is 2.95. The van der Waals surface area contributed by atoms with Gasteiger partial charge in [0.2, 0.25) is 5.91 Å². The number of hydrogen-bond acceptors (Lipinski definition) is 2. The molecule has 0 aliphatic heterocycles. The summed E-state index contributed by atoms with van der Waals surface area (Å²) in [6.07, 6.45) is 2.13. The Hall–Kier alpha value is -1.35. The van der Waals surface area contributed by atoms with Crippen molar-refractivity contribution in [2.24, 2.45) is 5.73 Å². The lowest BCUT2D eigenvalue weighted by atomic mass is 10.1. The average Bonchev–Trinajstić information content (AvgIpc) is 2.31. The van der Waals surface area contributed by atoms with E-state index in [-0.39, 0.29) is 11.9 Å². The fraction of sp³-hybridized carbons (Fsp3) is 0.500. The average molecular weight is 234 g/mol. The van der Waals surface area contributed by atoms with Gasteiger partial charge in [0.1, 0.15) is 0 Å². The van der Waals surface area contributed by atoms with Crippen LogP contribution in [-0.2, 0) is 11.2 Å². The molecule has 1 atom stereocenters. The van der Waals surface area contributed by atoms with E-state index < -0.39 is 0 Å². The molecule has 0 aliphatic carbocycles. The molecule has 1 unspecified atom stereocenters. The number of carbonyl (C=O) groups is 1. The molecule has 1 amide bonds. The van der Waals surface area contributed by atoms with E-state index in [1.165, 1.54) is 11.1 Å². The monoisotopic (exact) mass is 234 g/mol. The lowest BCUT2D eigenvalue weighted by Gasteiger charge is -2.10. The third-order valence-electron chi connectivity index (χ3n) is 2.95. The number of amides is 1. The maximum absolute atomic E-state index is 11.5. The van der Waals surface area contributed by atoms with E-state index in [4.69, 9.17) is 5.73 Å². The molecule has 0 fully saturated rings. The molecule has 0 bridgehead atoms. The molecule has 94 valence electrons. The number of nitrogens with one attached hydrogen (secondary N) is 1. The van der Waals surface area contributed by atoms with Crippen molar-refractivity contribution in [2.45, 2.75) is 39.2 Å². The van der Waals surface area contributed by atoms with E-state index in [0.717, 1.165) is 12.8 Å². The minimum Gasteiger partial charge on any atom is -0.356 e. The van der Waals surface area contributed by atoms with Crippen molar-refractivity contribution in [2.75, 3.05) is 6.54 Å². The van der Waals surface area contributed by atoms with Crippen LogP contribution in [0, 0.1) is 6.92 Å². The Morgan fingerprint density at radius 1 is 1.41 bits per heavy atom. The molecule has 3 N–H and O–H groups in total. The molecule has 0 aliphatic rings. The van der Waals surface area contributed by atoms with Crippen LogP contribution in [0.4, 0.5) is 0 Å². The predicted octanol–water partition coefficient (Wildman–Crippen LogP) is 1.78. The maximum atomic E-state index is 11.5. The first-order valence-electron chi connectivity index (χ1n) is 6.20. The molecule has 1 aromatic carbocycles. The lowest BCUT2D eigenvalue weighted by Crippen LogP contribution is -2.32. The van der Waals surface area contributed by atoms with Gasteiger partial charge in [-0.2, -0.15) is 0 Å². The van der Waals surface area contributed by atoms with Crippen molar-refractivity contribution < 1.29 is 4.79 Å². The van der Waals surface area contributed by atoms with Crippen molar-refractivity contribution in [3.8, 4) is 0 Å². The van der Waals surface area contributed by atoms with E-state index in [1.807, 2.05) is 19.1 Å². The second-order valence-corrected chi connectivity index (χ2v) is 4.40. The highest BCUT2D eigenvalue weighted by Gasteiger charge is 2.06. The molecule has 0 heterocycles. The number of carbonyl (C=O) groups excluding carboxylic acids is 1. The van der Waals surface area contributed by atoms with Crippen molar-refractivity contribution in [3.63, 3.8) is 0 Å². The zero-order chi connectivity index (χ0) is 12.7. The first-order valence-corrected chi connectivity index (χ1v) is 6.20. The number of hydrogen-bond donors (Lipinski definition) is 2. The van der Waals surface area contributed by atoms with Crippen LogP contribution in [0.3, 0.4) is 0 Å². The zero-order valence-electron chi connectivity index (χ0n) is 10.7. The van der Waals surface area contributed by atoms with Crippen molar-refractivity contribution >= 4 is 5.91 Å². The minimum absolute atomic E-state index is 0.0199. The molecule has 0 radical (unpaired) electrons. The Labute approximate surface area is 103 Å². The Morgan fingerprint density at radius 3 is 2.76 bits per heavy atom. The van der Waals surface area contributed by atoms with Crippen molar-refractivity contribution in [1.29, 1.82) is 0 Å². The molecule has 1 rings (SSSR count). The third kappa shape index (κ3) is 5.00. The smallest absolute Gasteiger partial charge is 0.221 e. The van der Waals surface area contributed by atoms with Crippen LogP contribution >= 0.6 is 0 Å². The maximum Gasteiger partial charge on any atom is 0.221 e. The van der Waals surface area contributed by atoms with E-state index in [0.29, 0.717) is 13.0 Å². The van der Waals surface area contributed by atoms with E-state index >= 15 is 0 Å². The quantitative estimate of drug-likeness (QED) is 0.788. The van der Waals surface area contributed by atoms with E-state index in [9.17, 15) is 4.79 Å². The normalized spacial score (nSPS) is 12.2. The Bertz CT molecular complexity index is 363. The van der Waals surface area contributed by atoms with Crippen LogP contribution in [0.1, 0.15) is 30.9 Å². The molecular formula is C14H22N2O. The molecule has 1 aromatic rings. The summed E-state index contributed by atoms with van der Waals surface area (Å²) in [6, 6.07) is 8.21. The zero-order valence-corrected chi connectivity index (χ0v) is 10.7. The van der Waals surface area contributed by atoms with Crippen LogP contribution in [0.2, 0.25) is 0 Å².